The zero-order chi connectivity index (χ0) is 10.3. The number of hydrogen-bond acceptors (Lipinski definition) is 3. The number of carbonyl (C=O) groups is 1. The van der Waals surface area contributed by atoms with Crippen molar-refractivity contribution in [3.8, 4) is 0 Å². The number of ether oxygens (including phenoxy) is 1. The van der Waals surface area contributed by atoms with Crippen LogP contribution in [0, 0.1) is 0 Å². The van der Waals surface area contributed by atoms with E-state index >= 15 is 0 Å². The van der Waals surface area contributed by atoms with Crippen LogP contribution in [0.3, 0.4) is 0 Å². The van der Waals surface area contributed by atoms with Crippen molar-refractivity contribution in [1.82, 2.24) is 0 Å². The maximum Gasteiger partial charge on any atom is 0.323 e. The Morgan fingerprint density at radius 1 is 1.54 bits per heavy atom. The van der Waals surface area contributed by atoms with Crippen molar-refractivity contribution in [2.45, 2.75) is 38.7 Å². The smallest absolute Gasteiger partial charge is 0.323 e. The first-order valence-electron chi connectivity index (χ1n) is 4.28. The van der Waals surface area contributed by atoms with Crippen molar-refractivity contribution in [2.24, 2.45) is 5.73 Å². The van der Waals surface area contributed by atoms with Gasteiger partial charge in [-0.2, -0.15) is 0 Å². The van der Waals surface area contributed by atoms with E-state index in [1.165, 1.54) is 0 Å². The van der Waals surface area contributed by atoms with Gasteiger partial charge in [-0.1, -0.05) is 13.3 Å². The topological polar surface area (TPSA) is 52.3 Å². The summed E-state index contributed by atoms with van der Waals surface area (Å²) < 4.78 is 28.1. The third-order valence-corrected chi connectivity index (χ3v) is 1.48. The van der Waals surface area contributed by atoms with Crippen molar-refractivity contribution >= 4 is 5.97 Å². The minimum atomic E-state index is -2.56. The summed E-state index contributed by atoms with van der Waals surface area (Å²) >= 11 is 0. The fourth-order valence-corrected chi connectivity index (χ4v) is 0.712. The molecule has 1 unspecified atom stereocenters. The van der Waals surface area contributed by atoms with E-state index in [1.807, 2.05) is 6.92 Å². The van der Waals surface area contributed by atoms with E-state index in [4.69, 9.17) is 5.73 Å². The molecular weight excluding hydrogens is 180 g/mol. The Bertz CT molecular complexity index is 153. The number of rotatable bonds is 6. The van der Waals surface area contributed by atoms with Crippen LogP contribution in [0.1, 0.15) is 26.2 Å². The van der Waals surface area contributed by atoms with Crippen molar-refractivity contribution in [1.29, 1.82) is 0 Å². The average molecular weight is 195 g/mol. The molecule has 0 aromatic carbocycles. The van der Waals surface area contributed by atoms with E-state index < -0.39 is 24.9 Å². The van der Waals surface area contributed by atoms with E-state index in [-0.39, 0.29) is 6.61 Å². The molecule has 0 saturated heterocycles. The molecule has 0 aliphatic rings. The SMILES string of the molecule is CCCCOC(=O)C(N)CC(F)F. The van der Waals surface area contributed by atoms with Gasteiger partial charge in [0.2, 0.25) is 6.43 Å². The first-order valence-corrected chi connectivity index (χ1v) is 4.28. The lowest BCUT2D eigenvalue weighted by molar-refractivity contribution is -0.146. The number of alkyl halides is 2. The molecular formula is C8H15F2NO2. The van der Waals surface area contributed by atoms with E-state index in [9.17, 15) is 13.6 Å². The lowest BCUT2D eigenvalue weighted by Crippen LogP contribution is -2.34. The summed E-state index contributed by atoms with van der Waals surface area (Å²) in [6.45, 7) is 2.19. The molecule has 0 rings (SSSR count). The molecule has 2 N–H and O–H groups in total. The van der Waals surface area contributed by atoms with Crippen LogP contribution in [0.5, 0.6) is 0 Å². The third kappa shape index (κ3) is 6.45. The lowest BCUT2D eigenvalue weighted by atomic mass is 10.2. The molecule has 0 fully saturated rings. The Morgan fingerprint density at radius 2 is 2.15 bits per heavy atom. The van der Waals surface area contributed by atoms with Crippen LogP contribution in [-0.4, -0.2) is 25.0 Å². The van der Waals surface area contributed by atoms with Gasteiger partial charge in [0.15, 0.2) is 0 Å². The minimum absolute atomic E-state index is 0.256. The lowest BCUT2D eigenvalue weighted by Gasteiger charge is -2.10. The standard InChI is InChI=1S/C8H15F2NO2/c1-2-3-4-13-8(12)6(11)5-7(9)10/h6-7H,2-5,11H2,1H3. The zero-order valence-corrected chi connectivity index (χ0v) is 7.63. The molecule has 0 saturated carbocycles. The fourth-order valence-electron chi connectivity index (χ4n) is 0.712. The molecule has 78 valence electrons. The van der Waals surface area contributed by atoms with Crippen LogP contribution in [0.4, 0.5) is 8.78 Å². The molecule has 0 aliphatic heterocycles. The van der Waals surface area contributed by atoms with Gasteiger partial charge in [-0.15, -0.1) is 0 Å². The van der Waals surface area contributed by atoms with E-state index in [0.29, 0.717) is 0 Å². The summed E-state index contributed by atoms with van der Waals surface area (Å²) in [6, 6.07) is -1.20. The molecule has 13 heavy (non-hydrogen) atoms. The highest BCUT2D eigenvalue weighted by Gasteiger charge is 2.19. The van der Waals surface area contributed by atoms with Crippen LogP contribution in [0.2, 0.25) is 0 Å². The molecule has 0 amide bonds. The highest BCUT2D eigenvalue weighted by atomic mass is 19.3. The molecule has 0 heterocycles. The van der Waals surface area contributed by atoms with Crippen molar-refractivity contribution in [2.75, 3.05) is 6.61 Å². The maximum atomic E-state index is 11.7. The Labute approximate surface area is 76.2 Å². The molecule has 0 aromatic rings. The third-order valence-electron chi connectivity index (χ3n) is 1.48. The van der Waals surface area contributed by atoms with Crippen LogP contribution < -0.4 is 5.73 Å². The van der Waals surface area contributed by atoms with Gasteiger partial charge in [-0.3, -0.25) is 4.79 Å². The molecule has 0 radical (unpaired) electrons. The summed E-state index contributed by atoms with van der Waals surface area (Å²) in [5, 5.41) is 0. The second kappa shape index (κ2) is 6.77. The van der Waals surface area contributed by atoms with Crippen molar-refractivity contribution in [3.63, 3.8) is 0 Å². The normalized spacial score (nSPS) is 13.0. The monoisotopic (exact) mass is 195 g/mol. The molecule has 0 aliphatic carbocycles. The Kier molecular flexibility index (Phi) is 6.40. The van der Waals surface area contributed by atoms with E-state index in [2.05, 4.69) is 4.74 Å². The first kappa shape index (κ1) is 12.3. The summed E-state index contributed by atoms with van der Waals surface area (Å²) in [7, 11) is 0. The van der Waals surface area contributed by atoms with Crippen LogP contribution in [0.15, 0.2) is 0 Å². The Morgan fingerprint density at radius 3 is 2.62 bits per heavy atom. The number of esters is 1. The Balaban J connectivity index is 3.57. The van der Waals surface area contributed by atoms with Gasteiger partial charge in [0, 0.05) is 6.42 Å². The first-order chi connectivity index (χ1) is 6.07. The summed E-state index contributed by atoms with van der Waals surface area (Å²) in [6.07, 6.45) is -1.58. The number of hydrogen-bond donors (Lipinski definition) is 1. The minimum Gasteiger partial charge on any atom is -0.465 e. The van der Waals surface area contributed by atoms with Gasteiger partial charge in [-0.05, 0) is 6.42 Å². The number of nitrogens with two attached hydrogens (primary N) is 1. The molecule has 0 spiro atoms. The predicted molar refractivity (Wildman–Crippen MR) is 44.5 cm³/mol. The largest absolute Gasteiger partial charge is 0.465 e. The van der Waals surface area contributed by atoms with Gasteiger partial charge in [0.05, 0.1) is 6.61 Å². The second-order valence-corrected chi connectivity index (χ2v) is 2.75. The van der Waals surface area contributed by atoms with Gasteiger partial charge in [0.25, 0.3) is 0 Å². The number of halogens is 2. The van der Waals surface area contributed by atoms with Gasteiger partial charge in [-0.25, -0.2) is 8.78 Å². The number of carbonyl (C=O) groups excluding carboxylic acids is 1. The molecule has 1 atom stereocenters. The van der Waals surface area contributed by atoms with Crippen molar-refractivity contribution in [3.05, 3.63) is 0 Å². The molecule has 0 bridgehead atoms. The van der Waals surface area contributed by atoms with Crippen LogP contribution >= 0.6 is 0 Å². The highest BCUT2D eigenvalue weighted by Crippen LogP contribution is 2.03. The van der Waals surface area contributed by atoms with Crippen molar-refractivity contribution < 1.29 is 18.3 Å². The molecule has 0 aromatic heterocycles. The van der Waals surface area contributed by atoms with Gasteiger partial charge < -0.3 is 10.5 Å². The quantitative estimate of drug-likeness (QED) is 0.513. The average Bonchev–Trinajstić information content (AvgIpc) is 2.03. The fraction of sp³-hybridized carbons (Fsp3) is 0.875. The van der Waals surface area contributed by atoms with Crippen LogP contribution in [-0.2, 0) is 9.53 Å². The van der Waals surface area contributed by atoms with E-state index in [1.54, 1.807) is 0 Å². The number of unbranched alkanes of at least 4 members (excludes halogenated alkanes) is 1. The summed E-state index contributed by atoms with van der Waals surface area (Å²) in [4.78, 5) is 10.9. The van der Waals surface area contributed by atoms with Crippen LogP contribution in [0.25, 0.3) is 0 Å². The van der Waals surface area contributed by atoms with Gasteiger partial charge in [0.1, 0.15) is 6.04 Å². The summed E-state index contributed by atoms with van der Waals surface area (Å²) in [5.74, 6) is -0.742. The molecule has 5 heteroatoms. The second-order valence-electron chi connectivity index (χ2n) is 2.75. The summed E-state index contributed by atoms with van der Waals surface area (Å²) in [5.41, 5.74) is 5.15. The highest BCUT2D eigenvalue weighted by molar-refractivity contribution is 5.75. The maximum absolute atomic E-state index is 11.7. The van der Waals surface area contributed by atoms with E-state index in [0.717, 1.165) is 12.8 Å². The zero-order valence-electron chi connectivity index (χ0n) is 7.63. The molecule has 3 nitrogen and oxygen atoms in total. The van der Waals surface area contributed by atoms with Gasteiger partial charge >= 0.3 is 5.97 Å². The Hall–Kier alpha value is -0.710. The predicted octanol–water partition coefficient (Wildman–Crippen LogP) is 1.31.